The van der Waals surface area contributed by atoms with Gasteiger partial charge in [0.25, 0.3) is 5.91 Å². The van der Waals surface area contributed by atoms with Crippen LogP contribution in [0.1, 0.15) is 29.3 Å². The Morgan fingerprint density at radius 2 is 1.70 bits per heavy atom. The maximum Gasteiger partial charge on any atom is 0.338 e. The molecule has 166 valence electrons. The number of hydrogen-bond donors (Lipinski definition) is 2. The molecule has 0 unspecified atom stereocenters. The minimum atomic E-state index is -0.823. The van der Waals surface area contributed by atoms with Gasteiger partial charge in [-0.1, -0.05) is 67.4 Å². The van der Waals surface area contributed by atoms with Gasteiger partial charge in [0.1, 0.15) is 0 Å². The Balaban J connectivity index is 1.73. The monoisotopic (exact) mass is 458 g/mol. The predicted octanol–water partition coefficient (Wildman–Crippen LogP) is 5.74. The van der Waals surface area contributed by atoms with Gasteiger partial charge in [0.15, 0.2) is 0 Å². The van der Waals surface area contributed by atoms with Crippen LogP contribution in [0.5, 0.6) is 0 Å². The molecule has 0 aliphatic heterocycles. The summed E-state index contributed by atoms with van der Waals surface area (Å²) in [5.41, 5.74) is 12.4. The summed E-state index contributed by atoms with van der Waals surface area (Å²) in [6, 6.07) is 22.9. The van der Waals surface area contributed by atoms with Crippen molar-refractivity contribution in [1.82, 2.24) is 10.4 Å². The van der Waals surface area contributed by atoms with Gasteiger partial charge in [0.2, 0.25) is 0 Å². The lowest BCUT2D eigenvalue weighted by Crippen LogP contribution is -2.49. The van der Waals surface area contributed by atoms with E-state index in [4.69, 9.17) is 22.3 Å². The summed E-state index contributed by atoms with van der Waals surface area (Å²) in [6.07, 6.45) is 2.08. The summed E-state index contributed by atoms with van der Waals surface area (Å²) in [5.74, 6) is -0.480. The van der Waals surface area contributed by atoms with E-state index in [2.05, 4.69) is 24.5 Å². The number of carbonyl (C=O) groups is 2. The Bertz CT molecular complexity index is 1300. The molecule has 3 amide bonds. The Morgan fingerprint density at radius 3 is 2.36 bits per heavy atom. The van der Waals surface area contributed by atoms with E-state index in [0.717, 1.165) is 23.4 Å². The number of hydrazine groups is 1. The van der Waals surface area contributed by atoms with Gasteiger partial charge >= 0.3 is 6.03 Å². The number of amides is 3. The smallest absolute Gasteiger partial charge is 0.338 e. The topological polar surface area (TPSA) is 88.3 Å². The summed E-state index contributed by atoms with van der Waals surface area (Å²) < 4.78 is 0. The number of rotatable bonds is 5. The minimum absolute atomic E-state index is 0.383. The Labute approximate surface area is 197 Å². The molecule has 0 bridgehead atoms. The van der Waals surface area contributed by atoms with Crippen LogP contribution in [0.3, 0.4) is 0 Å². The third-order valence-corrected chi connectivity index (χ3v) is 5.52. The highest BCUT2D eigenvalue weighted by Crippen LogP contribution is 2.26. The van der Waals surface area contributed by atoms with Crippen molar-refractivity contribution in [2.45, 2.75) is 19.8 Å². The lowest BCUT2D eigenvalue weighted by molar-refractivity contribution is 0.0952. The largest absolute Gasteiger partial charge is 0.350 e. The zero-order valence-electron chi connectivity index (χ0n) is 18.1. The molecule has 1 aromatic heterocycles. The molecule has 33 heavy (non-hydrogen) atoms. The van der Waals surface area contributed by atoms with Crippen LogP contribution in [0.15, 0.2) is 78.9 Å². The standard InChI is InChI=1S/C26H23ClN4O2/c1-2-5-17-8-10-18(11-9-17)24-16-22(21-6-3-4-7-23(21)29-24)25(32)30-31(26(28)33)20-14-12-19(27)13-15-20/h3-4,6-16H,2,5H2,1H3,(H2,28,33)(H,30,32). The normalized spacial score (nSPS) is 10.7. The van der Waals surface area contributed by atoms with E-state index in [1.54, 1.807) is 30.3 Å². The number of carbonyl (C=O) groups excluding carboxylic acids is 2. The number of primary amides is 1. The number of benzene rings is 3. The minimum Gasteiger partial charge on any atom is -0.350 e. The fourth-order valence-electron chi connectivity index (χ4n) is 3.64. The number of nitrogens with zero attached hydrogens (tertiary/aromatic N) is 2. The van der Waals surface area contributed by atoms with Crippen molar-refractivity contribution in [1.29, 1.82) is 0 Å². The van der Waals surface area contributed by atoms with Crippen molar-refractivity contribution in [2.75, 3.05) is 5.01 Å². The van der Waals surface area contributed by atoms with Crippen molar-refractivity contribution in [3.8, 4) is 11.3 Å². The Morgan fingerprint density at radius 1 is 1.00 bits per heavy atom. The zero-order chi connectivity index (χ0) is 23.4. The lowest BCUT2D eigenvalue weighted by Gasteiger charge is -2.22. The van der Waals surface area contributed by atoms with E-state index in [1.807, 2.05) is 36.4 Å². The van der Waals surface area contributed by atoms with E-state index in [9.17, 15) is 9.59 Å². The van der Waals surface area contributed by atoms with Gasteiger partial charge < -0.3 is 5.73 Å². The fraction of sp³-hybridized carbons (Fsp3) is 0.115. The van der Waals surface area contributed by atoms with Gasteiger partial charge in [-0.2, -0.15) is 0 Å². The molecule has 7 heteroatoms. The molecule has 6 nitrogen and oxygen atoms in total. The number of nitrogens with one attached hydrogen (secondary N) is 1. The molecule has 0 aliphatic rings. The first-order chi connectivity index (χ1) is 16.0. The van der Waals surface area contributed by atoms with Gasteiger partial charge in [-0.3, -0.25) is 10.2 Å². The number of hydrogen-bond acceptors (Lipinski definition) is 3. The van der Waals surface area contributed by atoms with Gasteiger partial charge in [-0.05, 0) is 48.4 Å². The first-order valence-corrected chi connectivity index (χ1v) is 11.0. The van der Waals surface area contributed by atoms with E-state index >= 15 is 0 Å². The number of halogens is 1. The second kappa shape index (κ2) is 9.71. The molecule has 0 saturated carbocycles. The van der Waals surface area contributed by atoms with Crippen LogP contribution in [0.2, 0.25) is 5.02 Å². The maximum absolute atomic E-state index is 13.3. The summed E-state index contributed by atoms with van der Waals surface area (Å²) in [5, 5.41) is 2.17. The molecule has 1 heterocycles. The van der Waals surface area contributed by atoms with Gasteiger partial charge in [0.05, 0.1) is 22.5 Å². The zero-order valence-corrected chi connectivity index (χ0v) is 18.8. The number of fused-ring (bicyclic) bond motifs is 1. The SMILES string of the molecule is CCCc1ccc(-c2cc(C(=O)NN(C(N)=O)c3ccc(Cl)cc3)c3ccccc3n2)cc1. The highest BCUT2D eigenvalue weighted by molar-refractivity contribution is 6.30. The molecule has 4 rings (SSSR count). The number of aryl methyl sites for hydroxylation is 1. The predicted molar refractivity (Wildman–Crippen MR) is 132 cm³/mol. The van der Waals surface area contributed by atoms with Crippen LogP contribution in [0.25, 0.3) is 22.2 Å². The fourth-order valence-corrected chi connectivity index (χ4v) is 3.77. The van der Waals surface area contributed by atoms with Crippen LogP contribution < -0.4 is 16.2 Å². The number of urea groups is 1. The summed E-state index contributed by atoms with van der Waals surface area (Å²) in [4.78, 5) is 30.1. The van der Waals surface area contributed by atoms with Crippen molar-refractivity contribution in [2.24, 2.45) is 5.73 Å². The van der Waals surface area contributed by atoms with Crippen LogP contribution in [-0.2, 0) is 6.42 Å². The maximum atomic E-state index is 13.3. The Hall–Kier alpha value is -3.90. The molecule has 0 atom stereocenters. The van der Waals surface area contributed by atoms with E-state index < -0.39 is 11.9 Å². The molecule has 0 saturated heterocycles. The molecule has 3 N–H and O–H groups in total. The molecule has 4 aromatic rings. The molecule has 0 spiro atoms. The summed E-state index contributed by atoms with van der Waals surface area (Å²) in [6.45, 7) is 2.14. The van der Waals surface area contributed by atoms with Crippen molar-refractivity contribution < 1.29 is 9.59 Å². The highest BCUT2D eigenvalue weighted by Gasteiger charge is 2.20. The third-order valence-electron chi connectivity index (χ3n) is 5.27. The van der Waals surface area contributed by atoms with Gasteiger partial charge in [0, 0.05) is 16.0 Å². The van der Waals surface area contributed by atoms with Crippen LogP contribution in [0, 0.1) is 0 Å². The number of nitrogens with two attached hydrogens (primary N) is 1. The summed E-state index contributed by atoms with van der Waals surface area (Å²) >= 11 is 5.94. The Kier molecular flexibility index (Phi) is 6.56. The molecular formula is C26H23ClN4O2. The quantitative estimate of drug-likeness (QED) is 0.374. The lowest BCUT2D eigenvalue weighted by atomic mass is 10.0. The highest BCUT2D eigenvalue weighted by atomic mass is 35.5. The number of aromatic nitrogens is 1. The van der Waals surface area contributed by atoms with Crippen molar-refractivity contribution in [3.05, 3.63) is 95.0 Å². The average molecular weight is 459 g/mol. The van der Waals surface area contributed by atoms with Gasteiger partial charge in [-0.25, -0.2) is 14.8 Å². The molecule has 0 radical (unpaired) electrons. The van der Waals surface area contributed by atoms with E-state index in [1.165, 1.54) is 5.56 Å². The second-order valence-electron chi connectivity index (χ2n) is 7.61. The molecule has 0 fully saturated rings. The number of para-hydroxylation sites is 1. The average Bonchev–Trinajstić information content (AvgIpc) is 2.83. The van der Waals surface area contributed by atoms with Crippen LogP contribution in [-0.4, -0.2) is 16.9 Å². The van der Waals surface area contributed by atoms with Crippen LogP contribution in [0.4, 0.5) is 10.5 Å². The first kappa shape index (κ1) is 22.3. The summed E-state index contributed by atoms with van der Waals surface area (Å²) in [7, 11) is 0. The number of anilines is 1. The molecule has 0 aliphatic carbocycles. The van der Waals surface area contributed by atoms with Crippen molar-refractivity contribution in [3.63, 3.8) is 0 Å². The molecular weight excluding hydrogens is 436 g/mol. The van der Waals surface area contributed by atoms with Crippen molar-refractivity contribution >= 4 is 40.1 Å². The molecule has 3 aromatic carbocycles. The first-order valence-electron chi connectivity index (χ1n) is 10.6. The third kappa shape index (κ3) is 4.96. The van der Waals surface area contributed by atoms with Gasteiger partial charge in [-0.15, -0.1) is 0 Å². The number of pyridine rings is 1. The van der Waals surface area contributed by atoms with Crippen LogP contribution >= 0.6 is 11.6 Å². The van der Waals surface area contributed by atoms with E-state index in [0.29, 0.717) is 32.9 Å². The van der Waals surface area contributed by atoms with E-state index in [-0.39, 0.29) is 0 Å². The second-order valence-corrected chi connectivity index (χ2v) is 8.05.